The molecule has 0 atom stereocenters. The van der Waals surface area contributed by atoms with Gasteiger partial charge in [0.1, 0.15) is 5.76 Å². The molecule has 102 valence electrons. The van der Waals surface area contributed by atoms with E-state index in [9.17, 15) is 0 Å². The number of nitrogens with one attached hydrogen (secondary N) is 1. The van der Waals surface area contributed by atoms with Crippen molar-refractivity contribution in [3.05, 3.63) is 53.7 Å². The third kappa shape index (κ3) is 4.85. The highest BCUT2D eigenvalue weighted by Crippen LogP contribution is 2.08. The number of hydrogen-bond donors (Lipinski definition) is 1. The van der Waals surface area contributed by atoms with E-state index in [4.69, 9.17) is 9.15 Å². The van der Waals surface area contributed by atoms with Crippen LogP contribution in [0.4, 0.5) is 0 Å². The first-order valence-corrected chi connectivity index (χ1v) is 6.55. The molecule has 1 N–H and O–H groups in total. The highest BCUT2D eigenvalue weighted by atomic mass is 16.5. The predicted molar refractivity (Wildman–Crippen MR) is 73.9 cm³/mol. The fourth-order valence-electron chi connectivity index (χ4n) is 1.83. The number of oxazole rings is 1. The summed E-state index contributed by atoms with van der Waals surface area (Å²) in [6.45, 7) is 2.15. The predicted octanol–water partition coefficient (Wildman–Crippen LogP) is 2.20. The largest absolute Gasteiger partial charge is 0.444 e. The molecule has 4 heteroatoms. The van der Waals surface area contributed by atoms with Crippen LogP contribution in [0.5, 0.6) is 0 Å². The maximum Gasteiger partial charge on any atom is 0.208 e. The number of ether oxygens (including phenoxy) is 1. The van der Waals surface area contributed by atoms with Crippen LogP contribution in [0, 0.1) is 0 Å². The van der Waals surface area contributed by atoms with Crippen LogP contribution in [0.2, 0.25) is 0 Å². The average Bonchev–Trinajstić information content (AvgIpc) is 2.91. The molecule has 1 aromatic heterocycles. The molecule has 0 radical (unpaired) electrons. The van der Waals surface area contributed by atoms with E-state index < -0.39 is 0 Å². The maximum atomic E-state index is 5.67. The second-order valence-corrected chi connectivity index (χ2v) is 4.38. The summed E-state index contributed by atoms with van der Waals surface area (Å²) >= 11 is 0. The lowest BCUT2D eigenvalue weighted by molar-refractivity contribution is 0.198. The van der Waals surface area contributed by atoms with Gasteiger partial charge in [-0.3, -0.25) is 0 Å². The van der Waals surface area contributed by atoms with Gasteiger partial charge in [0, 0.05) is 20.1 Å². The third-order valence-electron chi connectivity index (χ3n) is 2.86. The van der Waals surface area contributed by atoms with Crippen LogP contribution in [0.25, 0.3) is 0 Å². The van der Waals surface area contributed by atoms with Gasteiger partial charge in [0.05, 0.1) is 19.3 Å². The minimum atomic E-state index is 0.648. The van der Waals surface area contributed by atoms with Crippen molar-refractivity contribution in [1.29, 1.82) is 0 Å². The van der Waals surface area contributed by atoms with Gasteiger partial charge in [-0.15, -0.1) is 0 Å². The molecule has 1 aromatic carbocycles. The van der Waals surface area contributed by atoms with E-state index in [2.05, 4.69) is 34.6 Å². The smallest absolute Gasteiger partial charge is 0.208 e. The summed E-state index contributed by atoms with van der Waals surface area (Å²) in [5.74, 6) is 1.67. The SMILES string of the molecule is COCCNCc1ncc(CCc2ccccc2)o1. The van der Waals surface area contributed by atoms with Crippen molar-refractivity contribution >= 4 is 0 Å². The van der Waals surface area contributed by atoms with Crippen molar-refractivity contribution in [2.24, 2.45) is 0 Å². The molecule has 0 bridgehead atoms. The first-order valence-electron chi connectivity index (χ1n) is 6.55. The molecule has 0 aliphatic heterocycles. The highest BCUT2D eigenvalue weighted by Gasteiger charge is 2.03. The summed E-state index contributed by atoms with van der Waals surface area (Å²) < 4.78 is 10.6. The average molecular weight is 260 g/mol. The number of benzene rings is 1. The zero-order valence-corrected chi connectivity index (χ0v) is 11.3. The first kappa shape index (κ1) is 13.8. The number of hydrogen-bond acceptors (Lipinski definition) is 4. The van der Waals surface area contributed by atoms with Crippen molar-refractivity contribution < 1.29 is 9.15 Å². The van der Waals surface area contributed by atoms with E-state index in [0.29, 0.717) is 13.2 Å². The first-order chi connectivity index (χ1) is 9.38. The second-order valence-electron chi connectivity index (χ2n) is 4.38. The van der Waals surface area contributed by atoms with Crippen LogP contribution >= 0.6 is 0 Å². The van der Waals surface area contributed by atoms with Crippen molar-refractivity contribution in [3.8, 4) is 0 Å². The quantitative estimate of drug-likeness (QED) is 0.739. The lowest BCUT2D eigenvalue weighted by atomic mass is 10.1. The van der Waals surface area contributed by atoms with Gasteiger partial charge in [-0.05, 0) is 12.0 Å². The van der Waals surface area contributed by atoms with Crippen LogP contribution < -0.4 is 5.32 Å². The number of aromatic nitrogens is 1. The summed E-state index contributed by atoms with van der Waals surface area (Å²) in [5.41, 5.74) is 1.32. The van der Waals surface area contributed by atoms with Gasteiger partial charge in [0.15, 0.2) is 0 Å². The third-order valence-corrected chi connectivity index (χ3v) is 2.86. The number of aryl methyl sites for hydroxylation is 2. The van der Waals surface area contributed by atoms with Crippen molar-refractivity contribution in [1.82, 2.24) is 10.3 Å². The molecular formula is C15H20N2O2. The number of rotatable bonds is 8. The zero-order valence-electron chi connectivity index (χ0n) is 11.3. The van der Waals surface area contributed by atoms with Crippen LogP contribution in [0.15, 0.2) is 40.9 Å². The molecule has 0 aliphatic carbocycles. The number of methoxy groups -OCH3 is 1. The van der Waals surface area contributed by atoms with Crippen molar-refractivity contribution in [2.75, 3.05) is 20.3 Å². The Hall–Kier alpha value is -1.65. The molecule has 0 fully saturated rings. The Morgan fingerprint density at radius 1 is 1.21 bits per heavy atom. The van der Waals surface area contributed by atoms with E-state index >= 15 is 0 Å². The molecule has 0 unspecified atom stereocenters. The van der Waals surface area contributed by atoms with Gasteiger partial charge in [0.2, 0.25) is 5.89 Å². The van der Waals surface area contributed by atoms with Gasteiger partial charge in [-0.1, -0.05) is 30.3 Å². The molecule has 0 saturated carbocycles. The van der Waals surface area contributed by atoms with Gasteiger partial charge < -0.3 is 14.5 Å². The van der Waals surface area contributed by atoms with E-state index in [0.717, 1.165) is 31.0 Å². The van der Waals surface area contributed by atoms with Gasteiger partial charge >= 0.3 is 0 Å². The fourth-order valence-corrected chi connectivity index (χ4v) is 1.83. The molecule has 19 heavy (non-hydrogen) atoms. The fraction of sp³-hybridized carbons (Fsp3) is 0.400. The summed E-state index contributed by atoms with van der Waals surface area (Å²) in [4.78, 5) is 4.26. The Labute approximate surface area is 113 Å². The van der Waals surface area contributed by atoms with Crippen LogP contribution in [-0.2, 0) is 24.1 Å². The van der Waals surface area contributed by atoms with E-state index in [1.54, 1.807) is 7.11 Å². The Bertz CT molecular complexity index is 468. The molecular weight excluding hydrogens is 240 g/mol. The van der Waals surface area contributed by atoms with Crippen LogP contribution in [0.1, 0.15) is 17.2 Å². The normalized spacial score (nSPS) is 10.8. The van der Waals surface area contributed by atoms with Gasteiger partial charge in [-0.2, -0.15) is 0 Å². The van der Waals surface area contributed by atoms with Gasteiger partial charge in [0.25, 0.3) is 0 Å². The second kappa shape index (κ2) is 7.71. The zero-order chi connectivity index (χ0) is 13.3. The minimum absolute atomic E-state index is 0.648. The number of nitrogens with zero attached hydrogens (tertiary/aromatic N) is 1. The summed E-state index contributed by atoms with van der Waals surface area (Å²) in [6, 6.07) is 10.4. The van der Waals surface area contributed by atoms with E-state index in [1.807, 2.05) is 12.3 Å². The molecule has 0 aliphatic rings. The Morgan fingerprint density at radius 3 is 2.84 bits per heavy atom. The molecule has 0 amide bonds. The topological polar surface area (TPSA) is 47.3 Å². The standard InChI is InChI=1S/C15H20N2O2/c1-18-10-9-16-12-15-17-11-14(19-15)8-7-13-5-3-2-4-6-13/h2-6,11,16H,7-10,12H2,1H3. The molecule has 2 aromatic rings. The van der Waals surface area contributed by atoms with E-state index in [1.165, 1.54) is 5.56 Å². The summed E-state index contributed by atoms with van der Waals surface area (Å²) in [7, 11) is 1.69. The lowest BCUT2D eigenvalue weighted by Crippen LogP contribution is -2.18. The molecule has 1 heterocycles. The molecule has 4 nitrogen and oxygen atoms in total. The Balaban J connectivity index is 1.74. The maximum absolute atomic E-state index is 5.67. The molecule has 2 rings (SSSR count). The van der Waals surface area contributed by atoms with Crippen LogP contribution in [0.3, 0.4) is 0 Å². The monoisotopic (exact) mass is 260 g/mol. The Morgan fingerprint density at radius 2 is 2.05 bits per heavy atom. The Kier molecular flexibility index (Phi) is 5.59. The summed E-state index contributed by atoms with van der Waals surface area (Å²) in [6.07, 6.45) is 3.68. The molecule has 0 saturated heterocycles. The lowest BCUT2D eigenvalue weighted by Gasteiger charge is -2.00. The summed E-state index contributed by atoms with van der Waals surface area (Å²) in [5, 5.41) is 3.21. The van der Waals surface area contributed by atoms with Crippen molar-refractivity contribution in [2.45, 2.75) is 19.4 Å². The van der Waals surface area contributed by atoms with Crippen LogP contribution in [-0.4, -0.2) is 25.2 Å². The molecule has 0 spiro atoms. The van der Waals surface area contributed by atoms with Gasteiger partial charge in [-0.25, -0.2) is 4.98 Å². The highest BCUT2D eigenvalue weighted by molar-refractivity contribution is 5.15. The van der Waals surface area contributed by atoms with Crippen molar-refractivity contribution in [3.63, 3.8) is 0 Å². The van der Waals surface area contributed by atoms with E-state index in [-0.39, 0.29) is 0 Å². The minimum Gasteiger partial charge on any atom is -0.444 e.